The third-order valence-electron chi connectivity index (χ3n) is 4.34. The van der Waals surface area contributed by atoms with E-state index in [1.807, 2.05) is 29.2 Å². The molecular weight excluding hydrogens is 348 g/mol. The molecule has 0 saturated carbocycles. The van der Waals surface area contributed by atoms with Gasteiger partial charge in [0.05, 0.1) is 6.61 Å². The van der Waals surface area contributed by atoms with Gasteiger partial charge < -0.3 is 14.4 Å². The molecule has 0 aliphatic carbocycles. The van der Waals surface area contributed by atoms with Crippen molar-refractivity contribution in [1.82, 2.24) is 9.80 Å². The minimum Gasteiger partial charge on any atom is -0.494 e. The average Bonchev–Trinajstić information content (AvgIpc) is 3.19. The van der Waals surface area contributed by atoms with Gasteiger partial charge in [-0.1, -0.05) is 13.0 Å². The minimum absolute atomic E-state index is 0.0482. The van der Waals surface area contributed by atoms with Crippen molar-refractivity contribution in [1.29, 1.82) is 0 Å². The highest BCUT2D eigenvalue weighted by Gasteiger charge is 2.21. The van der Waals surface area contributed by atoms with Gasteiger partial charge in [0, 0.05) is 37.6 Å². The lowest BCUT2D eigenvalue weighted by Gasteiger charge is -2.34. The molecule has 1 aliphatic heterocycles. The fraction of sp³-hybridized carbons (Fsp3) is 0.450. The van der Waals surface area contributed by atoms with E-state index in [-0.39, 0.29) is 12.5 Å². The Kier molecular flexibility index (Phi) is 6.91. The lowest BCUT2D eigenvalue weighted by molar-refractivity contribution is -0.135. The summed E-state index contributed by atoms with van der Waals surface area (Å²) in [5.41, 5.74) is 0. The molecule has 2 aromatic rings. The molecule has 1 aliphatic rings. The molecule has 2 heterocycles. The molecule has 1 saturated heterocycles. The van der Waals surface area contributed by atoms with E-state index in [1.165, 1.54) is 4.88 Å². The molecule has 3 rings (SSSR count). The number of rotatable bonds is 8. The molecule has 1 aromatic heterocycles. The number of hydrogen-bond acceptors (Lipinski definition) is 5. The van der Waals surface area contributed by atoms with Crippen LogP contribution in [0.1, 0.15) is 18.2 Å². The second kappa shape index (κ2) is 9.59. The fourth-order valence-corrected chi connectivity index (χ4v) is 3.61. The molecule has 0 N–H and O–H groups in total. The Morgan fingerprint density at radius 1 is 1.04 bits per heavy atom. The van der Waals surface area contributed by atoms with E-state index in [0.717, 1.165) is 44.9 Å². The molecule has 140 valence electrons. The summed E-state index contributed by atoms with van der Waals surface area (Å²) >= 11 is 1.78. The summed E-state index contributed by atoms with van der Waals surface area (Å²) in [4.78, 5) is 18.0. The monoisotopic (exact) mass is 374 g/mol. The van der Waals surface area contributed by atoms with E-state index in [1.54, 1.807) is 11.3 Å². The van der Waals surface area contributed by atoms with Gasteiger partial charge in [0.1, 0.15) is 11.5 Å². The first kappa shape index (κ1) is 18.7. The second-order valence-electron chi connectivity index (χ2n) is 6.34. The smallest absolute Gasteiger partial charge is 0.260 e. The van der Waals surface area contributed by atoms with Gasteiger partial charge in [-0.25, -0.2) is 0 Å². The van der Waals surface area contributed by atoms with Crippen molar-refractivity contribution in [2.24, 2.45) is 0 Å². The highest BCUT2D eigenvalue weighted by molar-refractivity contribution is 7.09. The molecule has 6 heteroatoms. The third kappa shape index (κ3) is 5.47. The summed E-state index contributed by atoms with van der Waals surface area (Å²) < 4.78 is 11.2. The number of ether oxygens (including phenoxy) is 2. The maximum absolute atomic E-state index is 12.4. The van der Waals surface area contributed by atoms with Gasteiger partial charge in [0.15, 0.2) is 6.61 Å². The van der Waals surface area contributed by atoms with Crippen LogP contribution in [0.2, 0.25) is 0 Å². The summed E-state index contributed by atoms with van der Waals surface area (Å²) in [6.45, 7) is 7.18. The van der Waals surface area contributed by atoms with E-state index in [0.29, 0.717) is 12.4 Å². The Bertz CT molecular complexity index is 665. The first-order chi connectivity index (χ1) is 12.7. The summed E-state index contributed by atoms with van der Waals surface area (Å²) in [5, 5.41) is 2.11. The van der Waals surface area contributed by atoms with Gasteiger partial charge in [0.25, 0.3) is 5.91 Å². The minimum atomic E-state index is 0.0482. The summed E-state index contributed by atoms with van der Waals surface area (Å²) in [6.07, 6.45) is 0.980. The molecule has 1 fully saturated rings. The van der Waals surface area contributed by atoms with Gasteiger partial charge in [-0.05, 0) is 42.1 Å². The number of benzene rings is 1. The van der Waals surface area contributed by atoms with Crippen molar-refractivity contribution < 1.29 is 14.3 Å². The number of hydrogen-bond donors (Lipinski definition) is 0. The predicted molar refractivity (Wildman–Crippen MR) is 104 cm³/mol. The Hall–Kier alpha value is -2.05. The summed E-state index contributed by atoms with van der Waals surface area (Å²) in [6, 6.07) is 11.7. The molecule has 5 nitrogen and oxygen atoms in total. The molecular formula is C20H26N2O3S. The Morgan fingerprint density at radius 2 is 1.73 bits per heavy atom. The molecule has 0 radical (unpaired) electrons. The molecule has 1 amide bonds. The quantitative estimate of drug-likeness (QED) is 0.711. The van der Waals surface area contributed by atoms with Crippen molar-refractivity contribution in [3.8, 4) is 11.5 Å². The van der Waals surface area contributed by atoms with Crippen molar-refractivity contribution in [2.45, 2.75) is 19.9 Å². The van der Waals surface area contributed by atoms with Crippen molar-refractivity contribution in [3.63, 3.8) is 0 Å². The molecule has 0 unspecified atom stereocenters. The van der Waals surface area contributed by atoms with Crippen LogP contribution in [0.4, 0.5) is 0 Å². The average molecular weight is 375 g/mol. The van der Waals surface area contributed by atoms with Crippen molar-refractivity contribution in [3.05, 3.63) is 46.7 Å². The molecule has 1 aromatic carbocycles. The lowest BCUT2D eigenvalue weighted by atomic mass is 10.3. The van der Waals surface area contributed by atoms with Crippen LogP contribution in [0, 0.1) is 0 Å². The maximum Gasteiger partial charge on any atom is 0.260 e. The Balaban J connectivity index is 1.38. The van der Waals surface area contributed by atoms with Crippen LogP contribution in [0.5, 0.6) is 11.5 Å². The number of thiophene rings is 1. The van der Waals surface area contributed by atoms with Crippen LogP contribution in [-0.4, -0.2) is 55.1 Å². The van der Waals surface area contributed by atoms with Crippen LogP contribution in [-0.2, 0) is 11.3 Å². The predicted octanol–water partition coefficient (Wildman–Crippen LogP) is 3.26. The van der Waals surface area contributed by atoms with E-state index < -0.39 is 0 Å². The van der Waals surface area contributed by atoms with Crippen LogP contribution >= 0.6 is 11.3 Å². The lowest BCUT2D eigenvalue weighted by Crippen LogP contribution is -2.49. The van der Waals surface area contributed by atoms with E-state index in [2.05, 4.69) is 29.3 Å². The van der Waals surface area contributed by atoms with Gasteiger partial charge >= 0.3 is 0 Å². The summed E-state index contributed by atoms with van der Waals surface area (Å²) in [5.74, 6) is 1.57. The van der Waals surface area contributed by atoms with Gasteiger partial charge in [-0.2, -0.15) is 0 Å². The van der Waals surface area contributed by atoms with Crippen LogP contribution in [0.3, 0.4) is 0 Å². The van der Waals surface area contributed by atoms with E-state index in [4.69, 9.17) is 9.47 Å². The van der Waals surface area contributed by atoms with Gasteiger partial charge in [0.2, 0.25) is 0 Å². The molecule has 0 spiro atoms. The Morgan fingerprint density at radius 3 is 2.35 bits per heavy atom. The molecule has 0 atom stereocenters. The number of piperazine rings is 1. The standard InChI is InChI=1S/C20H26N2O3S/c1-2-13-24-17-5-7-18(8-6-17)25-16-20(23)22-11-9-21(10-12-22)15-19-4-3-14-26-19/h3-8,14H,2,9-13,15-16H2,1H3. The third-order valence-corrected chi connectivity index (χ3v) is 5.20. The highest BCUT2D eigenvalue weighted by atomic mass is 32.1. The SMILES string of the molecule is CCCOc1ccc(OCC(=O)N2CCN(Cc3cccs3)CC2)cc1. The number of carbonyl (C=O) groups is 1. The zero-order valence-corrected chi connectivity index (χ0v) is 16.0. The van der Waals surface area contributed by atoms with Crippen molar-refractivity contribution >= 4 is 17.2 Å². The highest BCUT2D eigenvalue weighted by Crippen LogP contribution is 2.18. The largest absolute Gasteiger partial charge is 0.494 e. The zero-order valence-electron chi connectivity index (χ0n) is 15.2. The van der Waals surface area contributed by atoms with Gasteiger partial charge in [-0.3, -0.25) is 9.69 Å². The van der Waals surface area contributed by atoms with Crippen LogP contribution < -0.4 is 9.47 Å². The molecule has 0 bridgehead atoms. The van der Waals surface area contributed by atoms with Crippen LogP contribution in [0.25, 0.3) is 0 Å². The zero-order chi connectivity index (χ0) is 18.2. The van der Waals surface area contributed by atoms with Crippen LogP contribution in [0.15, 0.2) is 41.8 Å². The summed E-state index contributed by atoms with van der Waals surface area (Å²) in [7, 11) is 0. The first-order valence-electron chi connectivity index (χ1n) is 9.13. The van der Waals surface area contributed by atoms with E-state index in [9.17, 15) is 4.79 Å². The molecule has 26 heavy (non-hydrogen) atoms. The number of carbonyl (C=O) groups excluding carboxylic acids is 1. The maximum atomic E-state index is 12.4. The van der Waals surface area contributed by atoms with E-state index >= 15 is 0 Å². The van der Waals surface area contributed by atoms with Gasteiger partial charge in [-0.15, -0.1) is 11.3 Å². The number of amides is 1. The Labute approximate surface area is 159 Å². The first-order valence-corrected chi connectivity index (χ1v) is 10.0. The number of nitrogens with zero attached hydrogens (tertiary/aromatic N) is 2. The normalized spacial score (nSPS) is 15.0. The fourth-order valence-electron chi connectivity index (χ4n) is 2.87. The second-order valence-corrected chi connectivity index (χ2v) is 7.38. The van der Waals surface area contributed by atoms with Crippen molar-refractivity contribution in [2.75, 3.05) is 39.4 Å². The topological polar surface area (TPSA) is 42.0 Å².